The van der Waals surface area contributed by atoms with Crippen molar-refractivity contribution in [2.75, 3.05) is 20.7 Å². The summed E-state index contributed by atoms with van der Waals surface area (Å²) in [4.78, 5) is 0.296. The molecule has 4 nitrogen and oxygen atoms in total. The quantitative estimate of drug-likeness (QED) is 0.233. The highest BCUT2D eigenvalue weighted by Crippen LogP contribution is 2.26. The predicted molar refractivity (Wildman–Crippen MR) is 106 cm³/mol. The van der Waals surface area contributed by atoms with Crippen LogP contribution in [0.15, 0.2) is 48.5 Å². The highest BCUT2D eigenvalue weighted by atomic mass is 19.4. The molecule has 1 atom stereocenters. The number of hydrogen-bond acceptors (Lipinski definition) is 4. The monoisotopic (exact) mass is 465 g/mol. The Labute approximate surface area is 182 Å². The molecule has 0 aliphatic rings. The van der Waals surface area contributed by atoms with Crippen LogP contribution in [0.4, 0.5) is 26.3 Å². The van der Waals surface area contributed by atoms with Gasteiger partial charge in [-0.05, 0) is 55.6 Å². The lowest BCUT2D eigenvalue weighted by molar-refractivity contribution is -0.274. The van der Waals surface area contributed by atoms with Crippen LogP contribution in [0.2, 0.25) is 0 Å². The Bertz CT molecular complexity index is 841. The average molecular weight is 465 g/mol. The van der Waals surface area contributed by atoms with Crippen molar-refractivity contribution in [1.82, 2.24) is 4.90 Å². The molecule has 2 aromatic rings. The van der Waals surface area contributed by atoms with E-state index in [9.17, 15) is 26.3 Å². The smallest absolute Gasteiger partial charge is 0.465 e. The van der Waals surface area contributed by atoms with E-state index in [0.717, 1.165) is 12.6 Å². The molecular formula is C22H25F6NO3. The summed E-state index contributed by atoms with van der Waals surface area (Å²) in [6, 6.07) is 12.8. The van der Waals surface area contributed by atoms with E-state index < -0.39 is 19.0 Å². The Morgan fingerprint density at radius 1 is 0.938 bits per heavy atom. The summed E-state index contributed by atoms with van der Waals surface area (Å²) in [5.74, 6) is 0.217. The van der Waals surface area contributed by atoms with E-state index in [0.29, 0.717) is 29.1 Å². The summed E-state index contributed by atoms with van der Waals surface area (Å²) in [5, 5.41) is 0. The molecule has 0 amide bonds. The van der Waals surface area contributed by atoms with Gasteiger partial charge < -0.3 is 14.2 Å². The second kappa shape index (κ2) is 11.4. The predicted octanol–water partition coefficient (Wildman–Crippen LogP) is 5.95. The number of nitrogens with zero attached hydrogens (tertiary/aromatic N) is 1. The van der Waals surface area contributed by atoms with Crippen LogP contribution in [-0.2, 0) is 17.6 Å². The number of methoxy groups -OCH3 is 1. The van der Waals surface area contributed by atoms with Crippen LogP contribution in [-0.4, -0.2) is 44.6 Å². The zero-order chi connectivity index (χ0) is 23.8. The van der Waals surface area contributed by atoms with Gasteiger partial charge in [0, 0.05) is 20.1 Å². The maximum absolute atomic E-state index is 12.6. The van der Waals surface area contributed by atoms with Gasteiger partial charge in [0.2, 0.25) is 0 Å². The highest BCUT2D eigenvalue weighted by Gasteiger charge is 2.33. The highest BCUT2D eigenvalue weighted by molar-refractivity contribution is 5.35. The number of alkyl halides is 6. The van der Waals surface area contributed by atoms with Gasteiger partial charge in [0.1, 0.15) is 11.5 Å². The third-order valence-electron chi connectivity index (χ3n) is 4.68. The van der Waals surface area contributed by atoms with E-state index in [4.69, 9.17) is 9.47 Å². The molecule has 0 fully saturated rings. The standard InChI is InChI=1S/C22H25F6NO3/c1-29(21(23,24)25)14-6-11-20(30-2)31-19-10-4-3-8-17(19)13-12-16-7-5-9-18(15-16)32-22(26,27)28/h3-5,7-10,15,20H,6,11-14H2,1-2H3. The third kappa shape index (κ3) is 8.96. The summed E-state index contributed by atoms with van der Waals surface area (Å²) in [6.07, 6.45) is -8.52. The SMILES string of the molecule is COC(CCCN(C)C(F)(F)F)Oc1ccccc1CCc1cccc(OC(F)(F)F)c1. The van der Waals surface area contributed by atoms with E-state index in [1.165, 1.54) is 25.3 Å². The third-order valence-corrected chi connectivity index (χ3v) is 4.68. The minimum Gasteiger partial charge on any atom is -0.465 e. The molecule has 32 heavy (non-hydrogen) atoms. The van der Waals surface area contributed by atoms with E-state index in [2.05, 4.69) is 4.74 Å². The van der Waals surface area contributed by atoms with Crippen molar-refractivity contribution in [3.63, 3.8) is 0 Å². The summed E-state index contributed by atoms with van der Waals surface area (Å²) < 4.78 is 90.0. The summed E-state index contributed by atoms with van der Waals surface area (Å²) in [5.41, 5.74) is 1.45. The Kier molecular flexibility index (Phi) is 9.21. The zero-order valence-corrected chi connectivity index (χ0v) is 17.7. The van der Waals surface area contributed by atoms with E-state index in [1.807, 2.05) is 6.07 Å². The van der Waals surface area contributed by atoms with Crippen LogP contribution in [0.3, 0.4) is 0 Å². The molecule has 2 rings (SSSR count). The van der Waals surface area contributed by atoms with Gasteiger partial charge in [-0.25, -0.2) is 4.90 Å². The second-order valence-corrected chi connectivity index (χ2v) is 7.12. The lowest BCUT2D eigenvalue weighted by Gasteiger charge is -2.22. The summed E-state index contributed by atoms with van der Waals surface area (Å²) >= 11 is 0. The minimum absolute atomic E-state index is 0.190. The van der Waals surface area contributed by atoms with Gasteiger partial charge in [-0.1, -0.05) is 30.3 Å². The fraction of sp³-hybridized carbons (Fsp3) is 0.455. The number of halogens is 6. The molecule has 0 saturated carbocycles. The van der Waals surface area contributed by atoms with Crippen molar-refractivity contribution in [1.29, 1.82) is 0 Å². The Morgan fingerprint density at radius 3 is 2.31 bits per heavy atom. The number of hydrogen-bond donors (Lipinski definition) is 0. The fourth-order valence-corrected chi connectivity index (χ4v) is 2.99. The fourth-order valence-electron chi connectivity index (χ4n) is 2.99. The molecule has 178 valence electrons. The molecule has 0 radical (unpaired) electrons. The van der Waals surface area contributed by atoms with E-state index >= 15 is 0 Å². The molecule has 0 bridgehead atoms. The van der Waals surface area contributed by atoms with Crippen LogP contribution in [0.1, 0.15) is 24.0 Å². The first kappa shape index (κ1) is 25.8. The summed E-state index contributed by atoms with van der Waals surface area (Å²) in [7, 11) is 2.39. The van der Waals surface area contributed by atoms with Crippen LogP contribution >= 0.6 is 0 Å². The van der Waals surface area contributed by atoms with Crippen molar-refractivity contribution in [3.05, 3.63) is 59.7 Å². The molecule has 0 aliphatic carbocycles. The first-order chi connectivity index (χ1) is 15.0. The Morgan fingerprint density at radius 2 is 1.66 bits per heavy atom. The van der Waals surface area contributed by atoms with Crippen LogP contribution in [0.25, 0.3) is 0 Å². The van der Waals surface area contributed by atoms with Gasteiger partial charge in [0.15, 0.2) is 6.29 Å². The van der Waals surface area contributed by atoms with Gasteiger partial charge in [-0.3, -0.25) is 0 Å². The van der Waals surface area contributed by atoms with Gasteiger partial charge >= 0.3 is 12.7 Å². The number of para-hydroxylation sites is 1. The van der Waals surface area contributed by atoms with Crippen LogP contribution in [0.5, 0.6) is 11.5 Å². The van der Waals surface area contributed by atoms with Crippen molar-refractivity contribution < 1.29 is 40.6 Å². The maximum Gasteiger partial charge on any atom is 0.573 e. The molecule has 0 aromatic heterocycles. The van der Waals surface area contributed by atoms with Crippen molar-refractivity contribution in [2.24, 2.45) is 0 Å². The Hall–Kier alpha value is -2.46. The molecule has 1 unspecified atom stereocenters. The zero-order valence-electron chi connectivity index (χ0n) is 17.7. The number of ether oxygens (including phenoxy) is 3. The molecule has 0 heterocycles. The van der Waals surface area contributed by atoms with Crippen molar-refractivity contribution >= 4 is 0 Å². The van der Waals surface area contributed by atoms with Gasteiger partial charge in [-0.2, -0.15) is 13.2 Å². The molecule has 0 spiro atoms. The van der Waals surface area contributed by atoms with E-state index in [-0.39, 0.29) is 25.1 Å². The lowest BCUT2D eigenvalue weighted by atomic mass is 10.0. The molecule has 0 aliphatic heterocycles. The van der Waals surface area contributed by atoms with Gasteiger partial charge in [0.05, 0.1) is 0 Å². The molecule has 10 heteroatoms. The van der Waals surface area contributed by atoms with Crippen molar-refractivity contribution in [3.8, 4) is 11.5 Å². The molecular weight excluding hydrogens is 440 g/mol. The van der Waals surface area contributed by atoms with Crippen LogP contribution in [0, 0.1) is 0 Å². The summed E-state index contributed by atoms with van der Waals surface area (Å²) in [6.45, 7) is -0.190. The lowest BCUT2D eigenvalue weighted by Crippen LogP contribution is -2.35. The second-order valence-electron chi connectivity index (χ2n) is 7.12. The molecule has 0 N–H and O–H groups in total. The maximum atomic E-state index is 12.6. The largest absolute Gasteiger partial charge is 0.573 e. The van der Waals surface area contributed by atoms with Crippen LogP contribution < -0.4 is 9.47 Å². The number of aryl methyl sites for hydroxylation is 2. The number of benzene rings is 2. The minimum atomic E-state index is -4.76. The number of rotatable bonds is 11. The van der Waals surface area contributed by atoms with Gasteiger partial charge in [0.25, 0.3) is 0 Å². The van der Waals surface area contributed by atoms with Crippen molar-refractivity contribution in [2.45, 2.75) is 44.6 Å². The topological polar surface area (TPSA) is 30.9 Å². The van der Waals surface area contributed by atoms with Gasteiger partial charge in [-0.15, -0.1) is 13.2 Å². The first-order valence-electron chi connectivity index (χ1n) is 9.88. The first-order valence-corrected chi connectivity index (χ1v) is 9.88. The molecule has 2 aromatic carbocycles. The molecule has 0 saturated heterocycles. The average Bonchev–Trinajstić information content (AvgIpc) is 2.70. The Balaban J connectivity index is 1.96. The normalized spacial score (nSPS) is 13.3. The van der Waals surface area contributed by atoms with E-state index in [1.54, 1.807) is 24.3 Å².